The van der Waals surface area contributed by atoms with Crippen LogP contribution in [0.15, 0.2) is 59.6 Å². The Balaban J connectivity index is 2.06. The molecule has 0 aliphatic rings. The van der Waals surface area contributed by atoms with E-state index in [2.05, 4.69) is 9.71 Å². The highest BCUT2D eigenvalue weighted by Gasteiger charge is 2.18. The van der Waals surface area contributed by atoms with Crippen molar-refractivity contribution in [2.75, 3.05) is 4.72 Å². The molecule has 0 amide bonds. The highest BCUT2D eigenvalue weighted by Crippen LogP contribution is 2.27. The van der Waals surface area contributed by atoms with Gasteiger partial charge in [0.25, 0.3) is 10.0 Å². The summed E-state index contributed by atoms with van der Waals surface area (Å²) in [5, 5.41) is 1.00. The molecule has 0 aliphatic heterocycles. The van der Waals surface area contributed by atoms with Gasteiger partial charge in [0.15, 0.2) is 0 Å². The lowest BCUT2D eigenvalue weighted by Gasteiger charge is -2.10. The lowest BCUT2D eigenvalue weighted by atomic mass is 10.2. The third-order valence-electron chi connectivity index (χ3n) is 2.97. The van der Waals surface area contributed by atoms with Crippen molar-refractivity contribution in [3.05, 3.63) is 59.8 Å². The SMILES string of the molecule is O=S(=O)(Nc1cccc2[nH]ccc12)c1ccccc1Cl. The van der Waals surface area contributed by atoms with Crippen molar-refractivity contribution in [1.82, 2.24) is 4.98 Å². The number of anilines is 1. The molecule has 0 saturated carbocycles. The van der Waals surface area contributed by atoms with Crippen molar-refractivity contribution in [2.24, 2.45) is 0 Å². The molecule has 1 aromatic heterocycles. The van der Waals surface area contributed by atoms with Gasteiger partial charge in [0.05, 0.1) is 10.7 Å². The largest absolute Gasteiger partial charge is 0.361 e. The highest BCUT2D eigenvalue weighted by molar-refractivity contribution is 7.92. The number of hydrogen-bond acceptors (Lipinski definition) is 2. The van der Waals surface area contributed by atoms with E-state index < -0.39 is 10.0 Å². The molecule has 0 bridgehead atoms. The number of rotatable bonds is 3. The summed E-state index contributed by atoms with van der Waals surface area (Å²) < 4.78 is 27.3. The Morgan fingerprint density at radius 1 is 1.00 bits per heavy atom. The zero-order valence-electron chi connectivity index (χ0n) is 10.3. The molecule has 0 unspecified atom stereocenters. The van der Waals surface area contributed by atoms with Crippen LogP contribution in [-0.2, 0) is 10.0 Å². The Kier molecular flexibility index (Phi) is 3.16. The molecule has 2 N–H and O–H groups in total. The maximum absolute atomic E-state index is 12.4. The number of aromatic amines is 1. The van der Waals surface area contributed by atoms with Gasteiger partial charge in [0.2, 0.25) is 0 Å². The van der Waals surface area contributed by atoms with Crippen LogP contribution in [0.5, 0.6) is 0 Å². The van der Waals surface area contributed by atoms with E-state index >= 15 is 0 Å². The first-order valence-electron chi connectivity index (χ1n) is 5.91. The number of hydrogen-bond donors (Lipinski definition) is 2. The zero-order valence-corrected chi connectivity index (χ0v) is 11.9. The minimum absolute atomic E-state index is 0.0641. The van der Waals surface area contributed by atoms with E-state index in [9.17, 15) is 8.42 Å². The maximum Gasteiger partial charge on any atom is 0.263 e. The smallest absolute Gasteiger partial charge is 0.263 e. The third-order valence-corrected chi connectivity index (χ3v) is 4.83. The summed E-state index contributed by atoms with van der Waals surface area (Å²) in [5.74, 6) is 0. The minimum Gasteiger partial charge on any atom is -0.361 e. The number of benzene rings is 2. The Bertz CT molecular complexity index is 872. The second-order valence-electron chi connectivity index (χ2n) is 4.28. The zero-order chi connectivity index (χ0) is 14.2. The fourth-order valence-electron chi connectivity index (χ4n) is 2.04. The lowest BCUT2D eigenvalue weighted by molar-refractivity contribution is 0.601. The Morgan fingerprint density at radius 3 is 2.60 bits per heavy atom. The molecule has 0 spiro atoms. The summed E-state index contributed by atoms with van der Waals surface area (Å²) in [6, 6.07) is 13.5. The van der Waals surface area contributed by atoms with Crippen LogP contribution < -0.4 is 4.72 Å². The van der Waals surface area contributed by atoms with E-state index in [1.807, 2.05) is 12.1 Å². The van der Waals surface area contributed by atoms with Gasteiger partial charge in [0.1, 0.15) is 4.90 Å². The van der Waals surface area contributed by atoms with Crippen molar-refractivity contribution in [1.29, 1.82) is 0 Å². The van der Waals surface area contributed by atoms with Gasteiger partial charge in [-0.2, -0.15) is 0 Å². The van der Waals surface area contributed by atoms with E-state index in [1.165, 1.54) is 6.07 Å². The van der Waals surface area contributed by atoms with E-state index in [4.69, 9.17) is 11.6 Å². The summed E-state index contributed by atoms with van der Waals surface area (Å²) in [6.07, 6.45) is 1.76. The van der Waals surface area contributed by atoms with Gasteiger partial charge in [-0.3, -0.25) is 4.72 Å². The topological polar surface area (TPSA) is 62.0 Å². The molecule has 0 saturated heterocycles. The first-order chi connectivity index (χ1) is 9.58. The van der Waals surface area contributed by atoms with Crippen molar-refractivity contribution < 1.29 is 8.42 Å². The first kappa shape index (κ1) is 13.0. The fourth-order valence-corrected chi connectivity index (χ4v) is 3.64. The molecule has 3 aromatic rings. The predicted molar refractivity (Wildman–Crippen MR) is 80.6 cm³/mol. The Morgan fingerprint density at radius 2 is 1.80 bits per heavy atom. The standard InChI is InChI=1S/C14H11ClN2O2S/c15-11-4-1-2-7-14(11)20(18,19)17-13-6-3-5-12-10(13)8-9-16-12/h1-9,16-17H. The van der Waals surface area contributed by atoms with Gasteiger partial charge in [-0.15, -0.1) is 0 Å². The van der Waals surface area contributed by atoms with Gasteiger partial charge in [-0.25, -0.2) is 8.42 Å². The van der Waals surface area contributed by atoms with E-state index in [0.29, 0.717) is 5.69 Å². The maximum atomic E-state index is 12.4. The van der Waals surface area contributed by atoms with Gasteiger partial charge in [-0.1, -0.05) is 29.8 Å². The number of sulfonamides is 1. The average molecular weight is 307 g/mol. The first-order valence-corrected chi connectivity index (χ1v) is 7.77. The number of aromatic nitrogens is 1. The normalized spacial score (nSPS) is 11.7. The van der Waals surface area contributed by atoms with Crippen molar-refractivity contribution in [2.45, 2.75) is 4.90 Å². The number of fused-ring (bicyclic) bond motifs is 1. The van der Waals surface area contributed by atoms with Crippen molar-refractivity contribution in [3.63, 3.8) is 0 Å². The van der Waals surface area contributed by atoms with Gasteiger partial charge < -0.3 is 4.98 Å². The van der Waals surface area contributed by atoms with Crippen LogP contribution in [0.2, 0.25) is 5.02 Å². The molecular weight excluding hydrogens is 296 g/mol. The summed E-state index contributed by atoms with van der Waals surface area (Å²) in [4.78, 5) is 3.10. The lowest BCUT2D eigenvalue weighted by Crippen LogP contribution is -2.13. The van der Waals surface area contributed by atoms with Crippen molar-refractivity contribution in [3.8, 4) is 0 Å². The summed E-state index contributed by atoms with van der Waals surface area (Å²) in [7, 11) is -3.71. The molecule has 4 nitrogen and oxygen atoms in total. The second-order valence-corrected chi connectivity index (χ2v) is 6.34. The summed E-state index contributed by atoms with van der Waals surface area (Å²) in [6.45, 7) is 0. The van der Waals surface area contributed by atoms with Crippen molar-refractivity contribution >= 4 is 38.2 Å². The van der Waals surface area contributed by atoms with E-state index in [1.54, 1.807) is 36.5 Å². The Hall–Kier alpha value is -1.98. The molecule has 0 atom stereocenters. The number of H-pyrrole nitrogens is 1. The molecule has 2 aromatic carbocycles. The van der Waals surface area contributed by atoms with Gasteiger partial charge in [0, 0.05) is 17.1 Å². The average Bonchev–Trinajstić information content (AvgIpc) is 2.88. The number of halogens is 1. The van der Waals surface area contributed by atoms with E-state index in [0.717, 1.165) is 10.9 Å². The highest BCUT2D eigenvalue weighted by atomic mass is 35.5. The molecule has 102 valence electrons. The molecule has 0 radical (unpaired) electrons. The summed E-state index contributed by atoms with van der Waals surface area (Å²) >= 11 is 5.95. The number of nitrogens with one attached hydrogen (secondary N) is 2. The molecule has 20 heavy (non-hydrogen) atoms. The van der Waals surface area contributed by atoms with Gasteiger partial charge in [-0.05, 0) is 30.3 Å². The van der Waals surface area contributed by atoms with Crippen LogP contribution in [0.25, 0.3) is 10.9 Å². The molecule has 0 fully saturated rings. The molecule has 0 aliphatic carbocycles. The van der Waals surface area contributed by atoms with E-state index in [-0.39, 0.29) is 9.92 Å². The molecule has 1 heterocycles. The Labute approximate surface area is 121 Å². The van der Waals surface area contributed by atoms with Gasteiger partial charge >= 0.3 is 0 Å². The van der Waals surface area contributed by atoms with Crippen LogP contribution in [0.4, 0.5) is 5.69 Å². The molecule has 3 rings (SSSR count). The third kappa shape index (κ3) is 2.26. The van der Waals surface area contributed by atoms with Crippen LogP contribution in [0.1, 0.15) is 0 Å². The molecule has 6 heteroatoms. The van der Waals surface area contributed by atoms with Crippen LogP contribution in [-0.4, -0.2) is 13.4 Å². The van der Waals surface area contributed by atoms with Crippen LogP contribution in [0, 0.1) is 0 Å². The molecular formula is C14H11ClN2O2S. The quantitative estimate of drug-likeness (QED) is 0.776. The summed E-state index contributed by atoms with van der Waals surface area (Å²) in [5.41, 5.74) is 1.38. The monoisotopic (exact) mass is 306 g/mol. The fraction of sp³-hybridized carbons (Fsp3) is 0. The minimum atomic E-state index is -3.71. The van der Waals surface area contributed by atoms with Crippen LogP contribution >= 0.6 is 11.6 Å². The predicted octanol–water partition coefficient (Wildman–Crippen LogP) is 3.62. The van der Waals surface area contributed by atoms with Crippen LogP contribution in [0.3, 0.4) is 0 Å². The second kappa shape index (κ2) is 4.85.